The monoisotopic (exact) mass is 319 g/mol. The molecule has 0 saturated carbocycles. The summed E-state index contributed by atoms with van der Waals surface area (Å²) in [6, 6.07) is 5.57. The topological polar surface area (TPSA) is 35.5 Å². The van der Waals surface area contributed by atoms with Crippen LogP contribution in [0.1, 0.15) is 26.0 Å². The van der Waals surface area contributed by atoms with Crippen molar-refractivity contribution < 1.29 is 19.4 Å². The van der Waals surface area contributed by atoms with Gasteiger partial charge < -0.3 is 9.05 Å². The number of halogens is 1. The van der Waals surface area contributed by atoms with E-state index in [0.29, 0.717) is 5.56 Å². The summed E-state index contributed by atoms with van der Waals surface area (Å²) in [5.41, 5.74) is 0.480. The predicted molar refractivity (Wildman–Crippen MR) is 83.3 cm³/mol. The summed E-state index contributed by atoms with van der Waals surface area (Å²) in [4.78, 5) is 0. The lowest BCUT2D eigenvalue weighted by atomic mass is 10.2. The number of hydrogen-bond acceptors (Lipinski definition) is 3. The van der Waals surface area contributed by atoms with Gasteiger partial charge in [-0.25, -0.2) is 4.39 Å². The van der Waals surface area contributed by atoms with E-state index in [1.807, 2.05) is 19.6 Å². The van der Waals surface area contributed by atoms with E-state index in [-0.39, 0.29) is 19.0 Å². The molecule has 0 saturated heterocycles. The first kappa shape index (κ1) is 15.9. The molecule has 0 aliphatic carbocycles. The van der Waals surface area contributed by atoms with Crippen LogP contribution in [0.15, 0.2) is 24.3 Å². The molecule has 1 unspecified atom stereocenters. The highest BCUT2D eigenvalue weighted by Crippen LogP contribution is 2.64. The second-order valence-corrected chi connectivity index (χ2v) is 12.8. The van der Waals surface area contributed by atoms with E-state index in [4.69, 9.17) is 10.4 Å². The summed E-state index contributed by atoms with van der Waals surface area (Å²) in [6.45, 7) is 9.66. The molecule has 6 heteroatoms. The quantitative estimate of drug-likeness (QED) is 0.523. The maximum atomic E-state index is 13.3. The third-order valence-corrected chi connectivity index (χ3v) is 9.25. The van der Waals surface area contributed by atoms with Gasteiger partial charge in [-0.3, -0.25) is 4.57 Å². The molecule has 1 aromatic carbocycles. The Morgan fingerprint density at radius 1 is 1.20 bits per heavy atom. The molecule has 1 atom stereocenters. The van der Waals surface area contributed by atoms with Gasteiger partial charge in [0.1, 0.15) is 5.82 Å². The molecule has 0 heterocycles. The van der Waals surface area contributed by atoms with Crippen molar-refractivity contribution in [3.05, 3.63) is 35.6 Å². The second kappa shape index (κ2) is 6.99. The molecule has 0 fully saturated rings. The van der Waals surface area contributed by atoms with Gasteiger partial charge in [0.15, 0.2) is 0 Å². The molecule has 0 aromatic heterocycles. The second-order valence-electron chi connectivity index (χ2n) is 5.44. The molecular formula is C14H24FO3PSi. The third kappa shape index (κ3) is 4.25. The van der Waals surface area contributed by atoms with Gasteiger partial charge in [-0.05, 0) is 31.5 Å². The minimum atomic E-state index is -3.69. The molecule has 0 aliphatic heterocycles. The molecule has 114 valence electrons. The lowest BCUT2D eigenvalue weighted by Gasteiger charge is -2.34. The fourth-order valence-corrected chi connectivity index (χ4v) is 8.30. The van der Waals surface area contributed by atoms with Crippen molar-refractivity contribution in [3.63, 3.8) is 0 Å². The Balaban J connectivity index is 3.52. The Hall–Kier alpha value is -0.483. The highest BCUT2D eigenvalue weighted by molar-refractivity contribution is 7.57. The molecule has 0 N–H and O–H groups in total. The Bertz CT molecular complexity index is 508. The van der Waals surface area contributed by atoms with Crippen LogP contribution in [0.25, 0.3) is 0 Å². The average Bonchev–Trinajstić information content (AvgIpc) is 2.37. The van der Waals surface area contributed by atoms with Crippen molar-refractivity contribution in [2.75, 3.05) is 13.2 Å². The molecular weight excluding hydrogens is 294 g/mol. The fraction of sp³-hybridized carbons (Fsp3) is 0.571. The molecule has 0 spiro atoms. The van der Waals surface area contributed by atoms with E-state index >= 15 is 0 Å². The van der Waals surface area contributed by atoms with Gasteiger partial charge in [-0.15, -0.1) is 0 Å². The molecule has 0 bridgehead atoms. The van der Waals surface area contributed by atoms with Crippen LogP contribution in [0.3, 0.4) is 0 Å². The van der Waals surface area contributed by atoms with Crippen LogP contribution in [0, 0.1) is 5.82 Å². The first-order valence-electron chi connectivity index (χ1n) is 7.27. The highest BCUT2D eigenvalue weighted by atomic mass is 31.2. The van der Waals surface area contributed by atoms with Gasteiger partial charge in [0.25, 0.3) is 0 Å². The minimum Gasteiger partial charge on any atom is -0.309 e. The third-order valence-electron chi connectivity index (χ3n) is 2.70. The zero-order valence-electron chi connectivity index (χ0n) is 13.8. The first-order chi connectivity index (χ1) is 9.62. The maximum Gasteiger partial charge on any atom is 0.335 e. The Morgan fingerprint density at radius 2 is 1.65 bits per heavy atom. The van der Waals surface area contributed by atoms with Gasteiger partial charge >= 0.3 is 7.60 Å². The normalized spacial score (nSPS) is 16.6. The van der Waals surface area contributed by atoms with Gasteiger partial charge in [-0.2, -0.15) is 0 Å². The van der Waals surface area contributed by atoms with Crippen molar-refractivity contribution in [2.45, 2.75) is 38.7 Å². The van der Waals surface area contributed by atoms with Gasteiger partial charge in [0.05, 0.1) is 26.5 Å². The summed E-state index contributed by atoms with van der Waals surface area (Å²) in [7, 11) is -6.04. The smallest absolute Gasteiger partial charge is 0.309 e. The van der Waals surface area contributed by atoms with Crippen LogP contribution >= 0.6 is 7.60 Å². The van der Waals surface area contributed by atoms with Gasteiger partial charge in [0.2, 0.25) is 0 Å². The van der Waals surface area contributed by atoms with E-state index in [1.54, 1.807) is 13.8 Å². The first-order valence-corrected chi connectivity index (χ1v) is 11.8. The lowest BCUT2D eigenvalue weighted by molar-refractivity contribution is 0.217. The molecule has 1 aromatic rings. The summed E-state index contributed by atoms with van der Waals surface area (Å²) in [5.74, 6) is -0.390. The number of rotatable bonds is 7. The number of hydrogen-bond donors (Lipinski definition) is 0. The van der Waals surface area contributed by atoms with Crippen molar-refractivity contribution in [2.24, 2.45) is 0 Å². The molecule has 20 heavy (non-hydrogen) atoms. The molecule has 0 radical (unpaired) electrons. The zero-order valence-corrected chi connectivity index (χ0v) is 14.7. The minimum absolute atomic E-state index is 0.198. The summed E-state index contributed by atoms with van der Waals surface area (Å²) in [5, 5.41) is -1.49. The molecule has 3 nitrogen and oxygen atoms in total. The SMILES string of the molecule is [2H]C(c1ccc(F)cc1)([Si](C)(C)C)P(=O)(OCC)OCC. The maximum absolute atomic E-state index is 13.3. The van der Waals surface area contributed by atoms with E-state index in [9.17, 15) is 8.96 Å². The standard InChI is InChI=1S/C14H24FO3PSi/c1-6-17-19(16,18-7-2)14(20(3,4)5)12-8-10-13(15)11-9-12/h8-11,14H,6-7H2,1-5H3/i14D. The lowest BCUT2D eigenvalue weighted by Crippen LogP contribution is -2.32. The average molecular weight is 319 g/mol. The van der Waals surface area contributed by atoms with Crippen LogP contribution in [0.5, 0.6) is 0 Å². The van der Waals surface area contributed by atoms with E-state index in [2.05, 4.69) is 0 Å². The molecule has 1 rings (SSSR count). The summed E-state index contributed by atoms with van der Waals surface area (Å²) in [6.07, 6.45) is 0. The van der Waals surface area contributed by atoms with Crippen LogP contribution in [-0.2, 0) is 13.6 Å². The highest BCUT2D eigenvalue weighted by Gasteiger charge is 2.45. The predicted octanol–water partition coefficient (Wildman–Crippen LogP) is 5.01. The van der Waals surface area contributed by atoms with Gasteiger partial charge in [0, 0.05) is 1.37 Å². The van der Waals surface area contributed by atoms with Crippen molar-refractivity contribution in [3.8, 4) is 0 Å². The summed E-state index contributed by atoms with van der Waals surface area (Å²) >= 11 is 0. The Kier molecular flexibility index (Phi) is 5.55. The number of benzene rings is 1. The van der Waals surface area contributed by atoms with Crippen molar-refractivity contribution >= 4 is 15.7 Å². The van der Waals surface area contributed by atoms with Crippen LogP contribution < -0.4 is 0 Å². The largest absolute Gasteiger partial charge is 0.335 e. The molecule has 0 amide bonds. The van der Waals surface area contributed by atoms with Crippen LogP contribution in [-0.4, -0.2) is 21.3 Å². The van der Waals surface area contributed by atoms with E-state index < -0.39 is 20.9 Å². The van der Waals surface area contributed by atoms with E-state index in [1.165, 1.54) is 24.3 Å². The summed E-state index contributed by atoms with van der Waals surface area (Å²) < 4.78 is 46.3. The van der Waals surface area contributed by atoms with Crippen LogP contribution in [0.4, 0.5) is 4.39 Å². The Morgan fingerprint density at radius 3 is 2.00 bits per heavy atom. The molecule has 0 aliphatic rings. The van der Waals surface area contributed by atoms with Crippen molar-refractivity contribution in [1.29, 1.82) is 0 Å². The van der Waals surface area contributed by atoms with Crippen LogP contribution in [0.2, 0.25) is 19.6 Å². The Labute approximate surface area is 123 Å². The zero-order chi connectivity index (χ0) is 16.3. The van der Waals surface area contributed by atoms with E-state index in [0.717, 1.165) is 0 Å². The van der Waals surface area contributed by atoms with Crippen molar-refractivity contribution in [1.82, 2.24) is 0 Å². The van der Waals surface area contributed by atoms with Gasteiger partial charge in [-0.1, -0.05) is 31.8 Å². The fourth-order valence-electron chi connectivity index (χ4n) is 2.12.